The van der Waals surface area contributed by atoms with Crippen LogP contribution in [0.3, 0.4) is 0 Å². The molecule has 0 spiro atoms. The molecule has 1 N–H and O–H groups in total. The summed E-state index contributed by atoms with van der Waals surface area (Å²) in [4.78, 5) is 26.9. The summed E-state index contributed by atoms with van der Waals surface area (Å²) in [5.41, 5.74) is 2.64. The number of halogens is 1. The molecule has 3 rings (SSSR count). The van der Waals surface area contributed by atoms with E-state index >= 15 is 0 Å². The topological polar surface area (TPSA) is 49.4 Å². The number of rotatable bonds is 5. The van der Waals surface area contributed by atoms with Gasteiger partial charge in [-0.25, -0.2) is 0 Å². The molecule has 2 amide bonds. The third-order valence-electron chi connectivity index (χ3n) is 3.88. The van der Waals surface area contributed by atoms with Crippen LogP contribution in [0.15, 0.2) is 75.6 Å². The third-order valence-corrected chi connectivity index (χ3v) is 5.95. The number of amides is 2. The Morgan fingerprint density at radius 2 is 1.86 bits per heavy atom. The molecule has 4 nitrogen and oxygen atoms in total. The van der Waals surface area contributed by atoms with Crippen molar-refractivity contribution in [2.75, 3.05) is 11.9 Å². The number of carbonyl (C=O) groups excluding carboxylic acids is 2. The first-order valence-corrected chi connectivity index (χ1v) is 10.5. The van der Waals surface area contributed by atoms with Crippen LogP contribution in [0.5, 0.6) is 0 Å². The molecule has 1 fully saturated rings. The van der Waals surface area contributed by atoms with Crippen LogP contribution in [0.2, 0.25) is 0 Å². The Morgan fingerprint density at radius 1 is 1.18 bits per heavy atom. The molecule has 0 bridgehead atoms. The molecule has 0 saturated carbocycles. The highest BCUT2D eigenvalue weighted by atomic mass is 79.9. The van der Waals surface area contributed by atoms with Crippen molar-refractivity contribution >= 4 is 67.8 Å². The fourth-order valence-corrected chi connectivity index (χ4v) is 4.28. The second-order valence-corrected chi connectivity index (χ2v) is 8.63. The van der Waals surface area contributed by atoms with Crippen LogP contribution in [0.1, 0.15) is 12.5 Å². The number of anilines is 1. The van der Waals surface area contributed by atoms with E-state index in [1.54, 1.807) is 12.1 Å². The van der Waals surface area contributed by atoms with E-state index in [0.29, 0.717) is 14.9 Å². The Labute approximate surface area is 181 Å². The first kappa shape index (κ1) is 20.5. The normalized spacial score (nSPS) is 16.0. The molecule has 0 atom stereocenters. The highest BCUT2D eigenvalue weighted by Gasteiger charge is 2.33. The number of thioether (sulfide) groups is 1. The molecule has 1 aliphatic heterocycles. The molecular formula is C21H17BrN2O2S2. The second kappa shape index (κ2) is 9.32. The van der Waals surface area contributed by atoms with E-state index in [0.717, 1.165) is 15.6 Å². The van der Waals surface area contributed by atoms with Gasteiger partial charge in [0.1, 0.15) is 10.9 Å². The van der Waals surface area contributed by atoms with E-state index in [4.69, 9.17) is 12.2 Å². The lowest BCUT2D eigenvalue weighted by atomic mass is 10.1. The van der Waals surface area contributed by atoms with Crippen molar-refractivity contribution in [3.8, 4) is 0 Å². The number of allylic oxidation sites excluding steroid dienone is 2. The van der Waals surface area contributed by atoms with Gasteiger partial charge < -0.3 is 5.32 Å². The van der Waals surface area contributed by atoms with Crippen LogP contribution >= 0.6 is 39.9 Å². The SMILES string of the molecule is CC(/C=C1\SC(=S)N(CC(=O)Nc2ccccc2Br)C1=O)=C\c1ccccc1. The summed E-state index contributed by atoms with van der Waals surface area (Å²) in [5, 5.41) is 2.79. The zero-order valence-corrected chi connectivity index (χ0v) is 18.2. The third kappa shape index (κ3) is 5.19. The number of thiocarbonyl (C=S) groups is 1. The van der Waals surface area contributed by atoms with Gasteiger partial charge in [0.25, 0.3) is 5.91 Å². The van der Waals surface area contributed by atoms with Gasteiger partial charge >= 0.3 is 0 Å². The summed E-state index contributed by atoms with van der Waals surface area (Å²) >= 11 is 9.90. The molecule has 0 radical (unpaired) electrons. The van der Waals surface area contributed by atoms with E-state index in [-0.39, 0.29) is 18.4 Å². The van der Waals surface area contributed by atoms with Gasteiger partial charge in [-0.1, -0.05) is 72.5 Å². The minimum atomic E-state index is -0.305. The largest absolute Gasteiger partial charge is 0.324 e. The number of carbonyl (C=O) groups is 2. The average Bonchev–Trinajstić information content (AvgIpc) is 2.91. The summed E-state index contributed by atoms with van der Waals surface area (Å²) in [6.07, 6.45) is 3.80. The van der Waals surface area contributed by atoms with Crippen LogP contribution in [-0.4, -0.2) is 27.6 Å². The monoisotopic (exact) mass is 472 g/mol. The Morgan fingerprint density at radius 3 is 2.57 bits per heavy atom. The van der Waals surface area contributed by atoms with Crippen molar-refractivity contribution < 1.29 is 9.59 Å². The van der Waals surface area contributed by atoms with E-state index < -0.39 is 0 Å². The van der Waals surface area contributed by atoms with E-state index in [1.165, 1.54) is 16.7 Å². The van der Waals surface area contributed by atoms with Crippen molar-refractivity contribution in [2.24, 2.45) is 0 Å². The molecule has 0 aliphatic carbocycles. The molecule has 1 saturated heterocycles. The second-order valence-electron chi connectivity index (χ2n) is 6.09. The number of nitrogens with zero attached hydrogens (tertiary/aromatic N) is 1. The number of hydrogen-bond donors (Lipinski definition) is 1. The van der Waals surface area contributed by atoms with Crippen molar-refractivity contribution in [1.29, 1.82) is 0 Å². The molecular weight excluding hydrogens is 456 g/mol. The fraction of sp³-hybridized carbons (Fsp3) is 0.0952. The van der Waals surface area contributed by atoms with E-state index in [9.17, 15) is 9.59 Å². The highest BCUT2D eigenvalue weighted by molar-refractivity contribution is 9.10. The van der Waals surface area contributed by atoms with Gasteiger partial charge in [-0.05, 0) is 52.2 Å². The maximum Gasteiger partial charge on any atom is 0.266 e. The standard InChI is InChI=1S/C21H17BrN2O2S2/c1-14(11-15-7-3-2-4-8-15)12-18-20(26)24(21(27)28-18)13-19(25)23-17-10-6-5-9-16(17)22/h2-12H,13H2,1H3,(H,23,25)/b14-11+,18-12-. The molecule has 0 unspecified atom stereocenters. The van der Waals surface area contributed by atoms with Gasteiger partial charge in [-0.3, -0.25) is 14.5 Å². The molecule has 0 aromatic heterocycles. The van der Waals surface area contributed by atoms with Gasteiger partial charge in [0.05, 0.1) is 10.6 Å². The number of nitrogens with one attached hydrogen (secondary N) is 1. The number of hydrogen-bond acceptors (Lipinski definition) is 4. The minimum absolute atomic E-state index is 0.120. The summed E-state index contributed by atoms with van der Waals surface area (Å²) in [6, 6.07) is 17.2. The summed E-state index contributed by atoms with van der Waals surface area (Å²) in [6.45, 7) is 1.81. The predicted molar refractivity (Wildman–Crippen MR) is 123 cm³/mol. The average molecular weight is 473 g/mol. The Balaban J connectivity index is 1.68. The maximum absolute atomic E-state index is 12.7. The van der Waals surface area contributed by atoms with Crippen LogP contribution in [-0.2, 0) is 9.59 Å². The zero-order chi connectivity index (χ0) is 20.1. The van der Waals surface area contributed by atoms with Gasteiger partial charge in [0.15, 0.2) is 0 Å². The molecule has 2 aromatic rings. The molecule has 2 aromatic carbocycles. The van der Waals surface area contributed by atoms with Crippen LogP contribution in [0.25, 0.3) is 6.08 Å². The lowest BCUT2D eigenvalue weighted by Gasteiger charge is -2.14. The molecule has 1 aliphatic rings. The zero-order valence-electron chi connectivity index (χ0n) is 15.0. The van der Waals surface area contributed by atoms with Crippen molar-refractivity contribution in [3.05, 3.63) is 81.2 Å². The lowest BCUT2D eigenvalue weighted by Crippen LogP contribution is -2.36. The predicted octanol–water partition coefficient (Wildman–Crippen LogP) is 5.24. The van der Waals surface area contributed by atoms with Crippen LogP contribution in [0.4, 0.5) is 5.69 Å². The van der Waals surface area contributed by atoms with Crippen molar-refractivity contribution in [1.82, 2.24) is 4.90 Å². The van der Waals surface area contributed by atoms with Crippen LogP contribution in [0, 0.1) is 0 Å². The van der Waals surface area contributed by atoms with E-state index in [2.05, 4.69) is 21.2 Å². The van der Waals surface area contributed by atoms with E-state index in [1.807, 2.05) is 61.5 Å². The quantitative estimate of drug-likeness (QED) is 0.477. The van der Waals surface area contributed by atoms with Gasteiger partial charge in [0, 0.05) is 4.47 Å². The van der Waals surface area contributed by atoms with Crippen molar-refractivity contribution in [2.45, 2.75) is 6.92 Å². The fourth-order valence-electron chi connectivity index (χ4n) is 2.59. The van der Waals surface area contributed by atoms with Gasteiger partial charge in [-0.2, -0.15) is 0 Å². The summed E-state index contributed by atoms with van der Waals surface area (Å²) in [5.74, 6) is -0.556. The Bertz CT molecular complexity index is 987. The summed E-state index contributed by atoms with van der Waals surface area (Å²) in [7, 11) is 0. The van der Waals surface area contributed by atoms with Gasteiger partial charge in [0.2, 0.25) is 5.91 Å². The van der Waals surface area contributed by atoms with Crippen molar-refractivity contribution in [3.63, 3.8) is 0 Å². The molecule has 28 heavy (non-hydrogen) atoms. The lowest BCUT2D eigenvalue weighted by molar-refractivity contribution is -0.126. The molecule has 7 heteroatoms. The Kier molecular flexibility index (Phi) is 6.83. The number of para-hydroxylation sites is 1. The molecule has 1 heterocycles. The number of benzene rings is 2. The highest BCUT2D eigenvalue weighted by Crippen LogP contribution is 2.32. The summed E-state index contributed by atoms with van der Waals surface area (Å²) < 4.78 is 1.15. The minimum Gasteiger partial charge on any atom is -0.324 e. The Hall–Kier alpha value is -2.22. The van der Waals surface area contributed by atoms with Gasteiger partial charge in [-0.15, -0.1) is 0 Å². The molecule has 142 valence electrons. The first-order valence-electron chi connectivity index (χ1n) is 8.47. The smallest absolute Gasteiger partial charge is 0.266 e. The maximum atomic E-state index is 12.7. The first-order chi connectivity index (χ1) is 13.4. The van der Waals surface area contributed by atoms with Crippen LogP contribution < -0.4 is 5.32 Å².